The van der Waals surface area contributed by atoms with Gasteiger partial charge in [0.05, 0.1) is 17.1 Å². The minimum Gasteiger partial charge on any atom is -0.452 e. The molecular weight excluding hydrogens is 388 g/mol. The molecule has 1 aliphatic heterocycles. The van der Waals surface area contributed by atoms with Gasteiger partial charge in [-0.05, 0) is 51.5 Å². The van der Waals surface area contributed by atoms with Crippen molar-refractivity contribution < 1.29 is 19.1 Å². The Hall–Kier alpha value is -2.80. The number of para-hydroxylation sites is 2. The minimum atomic E-state index is -1.11. The summed E-state index contributed by atoms with van der Waals surface area (Å²) in [7, 11) is 0. The molecule has 0 unspecified atom stereocenters. The highest BCUT2D eigenvalue weighted by Crippen LogP contribution is 2.37. The lowest BCUT2D eigenvalue weighted by Gasteiger charge is -2.42. The molecule has 0 fully saturated rings. The van der Waals surface area contributed by atoms with Crippen molar-refractivity contribution in [1.82, 2.24) is 0 Å². The molecule has 0 aromatic heterocycles. The van der Waals surface area contributed by atoms with Crippen molar-refractivity contribution in [1.29, 1.82) is 0 Å². The largest absolute Gasteiger partial charge is 0.452 e. The second-order valence-electron chi connectivity index (χ2n) is 7.39. The summed E-state index contributed by atoms with van der Waals surface area (Å²) >= 11 is 1.37. The molecule has 1 N–H and O–H groups in total. The molecule has 2 amide bonds. The number of benzene rings is 2. The molecule has 152 valence electrons. The van der Waals surface area contributed by atoms with E-state index >= 15 is 0 Å². The van der Waals surface area contributed by atoms with Gasteiger partial charge < -0.3 is 10.1 Å². The van der Waals surface area contributed by atoms with Gasteiger partial charge in [0.2, 0.25) is 5.91 Å². The van der Waals surface area contributed by atoms with E-state index in [9.17, 15) is 14.4 Å². The number of carbonyl (C=O) groups is 3. The molecule has 1 aliphatic rings. The first-order valence-corrected chi connectivity index (χ1v) is 10.3. The van der Waals surface area contributed by atoms with Crippen LogP contribution in [0.3, 0.4) is 0 Å². The first kappa shape index (κ1) is 20.9. The molecule has 6 nitrogen and oxygen atoms in total. The second-order valence-corrected chi connectivity index (χ2v) is 8.41. The molecule has 2 aromatic rings. The van der Waals surface area contributed by atoms with E-state index < -0.39 is 23.5 Å². The number of esters is 1. The van der Waals surface area contributed by atoms with Crippen molar-refractivity contribution in [2.24, 2.45) is 0 Å². The first-order chi connectivity index (χ1) is 13.7. The van der Waals surface area contributed by atoms with Gasteiger partial charge in [0.25, 0.3) is 5.91 Å². The van der Waals surface area contributed by atoms with Gasteiger partial charge in [-0.25, -0.2) is 0 Å². The number of hydrogen-bond donors (Lipinski definition) is 1. The lowest BCUT2D eigenvalue weighted by molar-refractivity contribution is -0.151. The van der Waals surface area contributed by atoms with Crippen LogP contribution in [-0.2, 0) is 19.1 Å². The van der Waals surface area contributed by atoms with Crippen molar-refractivity contribution in [3.8, 4) is 0 Å². The molecule has 1 atom stereocenters. The van der Waals surface area contributed by atoms with Crippen LogP contribution < -0.4 is 10.2 Å². The van der Waals surface area contributed by atoms with Crippen LogP contribution in [0.15, 0.2) is 53.4 Å². The number of carbonyl (C=O) groups excluding carboxylic acids is 3. The molecule has 1 heterocycles. The number of nitrogens with zero attached hydrogens (tertiary/aromatic N) is 1. The van der Waals surface area contributed by atoms with E-state index in [4.69, 9.17) is 4.74 Å². The van der Waals surface area contributed by atoms with E-state index in [0.29, 0.717) is 11.4 Å². The highest BCUT2D eigenvalue weighted by atomic mass is 32.2. The summed E-state index contributed by atoms with van der Waals surface area (Å²) in [4.78, 5) is 40.4. The minimum absolute atomic E-state index is 0.100. The summed E-state index contributed by atoms with van der Waals surface area (Å²) in [6.45, 7) is 6.84. The van der Waals surface area contributed by atoms with Crippen LogP contribution in [0.1, 0.15) is 26.3 Å². The smallest absolute Gasteiger partial charge is 0.317 e. The van der Waals surface area contributed by atoms with Gasteiger partial charge in [-0.1, -0.05) is 30.3 Å². The summed E-state index contributed by atoms with van der Waals surface area (Å²) in [5.41, 5.74) is 1.10. The molecule has 29 heavy (non-hydrogen) atoms. The van der Waals surface area contributed by atoms with E-state index in [2.05, 4.69) is 5.32 Å². The first-order valence-electron chi connectivity index (χ1n) is 9.34. The summed E-state index contributed by atoms with van der Waals surface area (Å²) in [5, 5.41) is 2.81. The Morgan fingerprint density at radius 1 is 1.14 bits per heavy atom. The molecule has 3 rings (SSSR count). The maximum Gasteiger partial charge on any atom is 0.317 e. The van der Waals surface area contributed by atoms with Crippen LogP contribution in [0.25, 0.3) is 0 Å². The van der Waals surface area contributed by atoms with Crippen LogP contribution in [0.4, 0.5) is 11.4 Å². The average Bonchev–Trinajstić information content (AvgIpc) is 2.67. The predicted molar refractivity (Wildman–Crippen MR) is 114 cm³/mol. The van der Waals surface area contributed by atoms with E-state index in [-0.39, 0.29) is 11.7 Å². The number of aryl methyl sites for hydroxylation is 1. The molecule has 0 spiro atoms. The van der Waals surface area contributed by atoms with E-state index in [1.165, 1.54) is 23.6 Å². The fourth-order valence-corrected chi connectivity index (χ4v) is 3.98. The van der Waals surface area contributed by atoms with Crippen molar-refractivity contribution >= 4 is 40.9 Å². The van der Waals surface area contributed by atoms with E-state index in [1.54, 1.807) is 38.1 Å². The van der Waals surface area contributed by atoms with Gasteiger partial charge in [0.1, 0.15) is 5.54 Å². The Balaban J connectivity index is 1.71. The Morgan fingerprint density at radius 2 is 1.79 bits per heavy atom. The Kier molecular flexibility index (Phi) is 5.98. The Morgan fingerprint density at radius 3 is 2.52 bits per heavy atom. The summed E-state index contributed by atoms with van der Waals surface area (Å²) in [6, 6.07) is 14.8. The zero-order valence-electron chi connectivity index (χ0n) is 16.9. The monoisotopic (exact) mass is 412 g/mol. The van der Waals surface area contributed by atoms with Crippen molar-refractivity contribution in [2.75, 3.05) is 16.0 Å². The van der Waals surface area contributed by atoms with Gasteiger partial charge in [-0.2, -0.15) is 0 Å². The highest BCUT2D eigenvalue weighted by molar-refractivity contribution is 8.00. The number of amides is 2. The van der Waals surface area contributed by atoms with Crippen molar-refractivity contribution in [3.05, 3.63) is 54.1 Å². The van der Waals surface area contributed by atoms with Crippen LogP contribution in [0.2, 0.25) is 0 Å². The molecule has 0 bridgehead atoms. The molecule has 0 saturated heterocycles. The number of rotatable bonds is 5. The molecule has 0 aliphatic carbocycles. The number of nitrogens with one attached hydrogen (secondary N) is 1. The Bertz CT molecular complexity index is 957. The maximum absolute atomic E-state index is 13.1. The van der Waals surface area contributed by atoms with Crippen LogP contribution >= 0.6 is 11.8 Å². The molecule has 2 aromatic carbocycles. The number of hydrogen-bond acceptors (Lipinski definition) is 5. The topological polar surface area (TPSA) is 75.7 Å². The van der Waals surface area contributed by atoms with Gasteiger partial charge >= 0.3 is 5.97 Å². The Labute approximate surface area is 174 Å². The van der Waals surface area contributed by atoms with Gasteiger partial charge in [-0.3, -0.25) is 19.3 Å². The number of ether oxygens (including phenoxy) is 1. The lowest BCUT2D eigenvalue weighted by Crippen LogP contribution is -2.60. The van der Waals surface area contributed by atoms with Gasteiger partial charge in [-0.15, -0.1) is 11.8 Å². The SMILES string of the molecule is Cc1ccccc1SCC(=O)O[C@@H](C)C(=O)N1c2ccccc2NC(=O)C1(C)C. The lowest BCUT2D eigenvalue weighted by atomic mass is 9.95. The van der Waals surface area contributed by atoms with Crippen molar-refractivity contribution in [3.63, 3.8) is 0 Å². The summed E-state index contributed by atoms with van der Waals surface area (Å²) < 4.78 is 5.39. The number of anilines is 2. The molecule has 7 heteroatoms. The van der Waals surface area contributed by atoms with Crippen LogP contribution in [-0.4, -0.2) is 35.2 Å². The predicted octanol–water partition coefficient (Wildman–Crippen LogP) is 3.78. The second kappa shape index (κ2) is 8.29. The van der Waals surface area contributed by atoms with E-state index in [1.807, 2.05) is 31.2 Å². The quantitative estimate of drug-likeness (QED) is 0.597. The normalized spacial score (nSPS) is 15.9. The zero-order chi connectivity index (χ0) is 21.2. The molecule has 0 saturated carbocycles. The highest BCUT2D eigenvalue weighted by Gasteiger charge is 2.45. The van der Waals surface area contributed by atoms with Crippen LogP contribution in [0, 0.1) is 6.92 Å². The fraction of sp³-hybridized carbons (Fsp3) is 0.318. The third-order valence-electron chi connectivity index (χ3n) is 4.82. The standard InChI is InChI=1S/C22H24N2O4S/c1-14-9-5-8-12-18(14)29-13-19(25)28-15(2)20(26)24-17-11-7-6-10-16(17)23-21(27)22(24,3)4/h5-12,15H,13H2,1-4H3,(H,23,27)/t15-/m0/s1. The molecular formula is C22H24N2O4S. The number of fused-ring (bicyclic) bond motifs is 1. The summed E-state index contributed by atoms with van der Waals surface area (Å²) in [5.74, 6) is -1.11. The third kappa shape index (κ3) is 4.29. The van der Waals surface area contributed by atoms with Crippen molar-refractivity contribution in [2.45, 2.75) is 44.2 Å². The van der Waals surface area contributed by atoms with Gasteiger partial charge in [0, 0.05) is 4.90 Å². The van der Waals surface area contributed by atoms with E-state index in [0.717, 1.165) is 10.5 Å². The molecule has 0 radical (unpaired) electrons. The average molecular weight is 413 g/mol. The number of thioether (sulfide) groups is 1. The summed E-state index contributed by atoms with van der Waals surface area (Å²) in [6.07, 6.45) is -1.02. The van der Waals surface area contributed by atoms with Gasteiger partial charge in [0.15, 0.2) is 6.10 Å². The fourth-order valence-electron chi connectivity index (χ4n) is 3.16. The maximum atomic E-state index is 13.1. The van der Waals surface area contributed by atoms with Crippen LogP contribution in [0.5, 0.6) is 0 Å². The third-order valence-corrected chi connectivity index (χ3v) is 5.97. The zero-order valence-corrected chi connectivity index (χ0v) is 17.7.